The van der Waals surface area contributed by atoms with Crippen molar-refractivity contribution in [2.75, 3.05) is 23.6 Å². The molecule has 0 saturated heterocycles. The quantitative estimate of drug-likeness (QED) is 0.353. The molecule has 2 aromatic carbocycles. The maximum atomic E-state index is 14.6. The second kappa shape index (κ2) is 10.2. The number of nitrogens with zero attached hydrogens (tertiary/aromatic N) is 1. The number of rotatable bonds is 9. The lowest BCUT2D eigenvalue weighted by atomic mass is 10.1. The highest BCUT2D eigenvalue weighted by Crippen LogP contribution is 2.30. The van der Waals surface area contributed by atoms with Gasteiger partial charge in [-0.25, -0.2) is 22.2 Å². The van der Waals surface area contributed by atoms with E-state index in [0.717, 1.165) is 29.0 Å². The van der Waals surface area contributed by atoms with Crippen LogP contribution < -0.4 is 15.4 Å². The third-order valence-corrected chi connectivity index (χ3v) is 7.78. The predicted molar refractivity (Wildman–Crippen MR) is 123 cm³/mol. The predicted octanol–water partition coefficient (Wildman–Crippen LogP) is 4.88. The number of halogens is 4. The van der Waals surface area contributed by atoms with E-state index >= 15 is 0 Å². The Balaban J connectivity index is 1.73. The first-order chi connectivity index (χ1) is 14.7. The minimum Gasteiger partial charge on any atom is -0.382 e. The van der Waals surface area contributed by atoms with Crippen molar-refractivity contribution in [3.8, 4) is 0 Å². The van der Waals surface area contributed by atoms with Crippen LogP contribution in [0.1, 0.15) is 5.56 Å². The van der Waals surface area contributed by atoms with E-state index in [1.165, 1.54) is 12.3 Å². The fraction of sp³-hybridized carbons (Fsp3) is 0.211. The lowest BCUT2D eigenvalue weighted by Gasteiger charge is -2.19. The molecule has 0 saturated carbocycles. The van der Waals surface area contributed by atoms with Crippen LogP contribution in [0.2, 0.25) is 5.02 Å². The number of sulfonamides is 1. The van der Waals surface area contributed by atoms with Gasteiger partial charge >= 0.3 is 0 Å². The van der Waals surface area contributed by atoms with E-state index in [-0.39, 0.29) is 27.7 Å². The number of likely N-dealkylation sites (N-methyl/N-ethyl adjacent to an activating group) is 1. The smallest absolute Gasteiger partial charge is 0.266 e. The van der Waals surface area contributed by atoms with Crippen molar-refractivity contribution < 1.29 is 17.2 Å². The van der Waals surface area contributed by atoms with Crippen molar-refractivity contribution in [2.24, 2.45) is 0 Å². The monoisotopic (exact) mass is 550 g/mol. The molecule has 0 spiro atoms. The summed E-state index contributed by atoms with van der Waals surface area (Å²) in [6.45, 7) is 0.335. The van der Waals surface area contributed by atoms with E-state index in [9.17, 15) is 17.2 Å². The number of nitrogens with one attached hydrogen (secondary N) is 3. The highest BCUT2D eigenvalue weighted by Gasteiger charge is 2.23. The van der Waals surface area contributed by atoms with Gasteiger partial charge < -0.3 is 10.6 Å². The van der Waals surface area contributed by atoms with E-state index in [4.69, 9.17) is 11.6 Å². The van der Waals surface area contributed by atoms with Crippen LogP contribution in [0.3, 0.4) is 0 Å². The maximum Gasteiger partial charge on any atom is 0.266 e. The molecular formula is C19H18BrClF2N4O2S2. The first-order valence-corrected chi connectivity index (χ1v) is 12.5. The zero-order valence-corrected chi connectivity index (χ0v) is 20.1. The van der Waals surface area contributed by atoms with Gasteiger partial charge in [-0.1, -0.05) is 23.7 Å². The zero-order valence-electron chi connectivity index (χ0n) is 16.1. The molecule has 3 aromatic rings. The summed E-state index contributed by atoms with van der Waals surface area (Å²) in [5.41, 5.74) is 1.01. The van der Waals surface area contributed by atoms with Crippen LogP contribution >= 0.6 is 38.9 Å². The summed E-state index contributed by atoms with van der Waals surface area (Å²) >= 11 is 10.5. The van der Waals surface area contributed by atoms with Crippen molar-refractivity contribution in [3.05, 3.63) is 68.6 Å². The number of thiazole rings is 1. The van der Waals surface area contributed by atoms with E-state index in [1.807, 2.05) is 0 Å². The number of hydrogen-bond acceptors (Lipinski definition) is 6. The lowest BCUT2D eigenvalue weighted by Crippen LogP contribution is -2.35. The third-order valence-electron chi connectivity index (χ3n) is 4.41. The summed E-state index contributed by atoms with van der Waals surface area (Å²) in [6, 6.07) is 6.74. The van der Waals surface area contributed by atoms with Gasteiger partial charge in [-0.05, 0) is 53.2 Å². The summed E-state index contributed by atoms with van der Waals surface area (Å²) in [5, 5.41) is 7.88. The molecule has 0 aliphatic carbocycles. The molecule has 0 amide bonds. The van der Waals surface area contributed by atoms with Crippen LogP contribution in [0.15, 0.2) is 51.3 Å². The van der Waals surface area contributed by atoms with E-state index < -0.39 is 20.7 Å². The van der Waals surface area contributed by atoms with Crippen molar-refractivity contribution in [1.29, 1.82) is 0 Å². The van der Waals surface area contributed by atoms with Gasteiger partial charge in [0.15, 0.2) is 5.13 Å². The molecule has 1 atom stereocenters. The standard InChI is InChI=1S/C19H18BrClF2N4O2S2/c1-24-12(7-11-3-2-4-14(22)18(11)20)10-26-16-9-15(23)17(8-13(16)21)31(28,29)27-19-25-5-6-30-19/h2-6,8-9,12,24,26H,7,10H2,1H3,(H,25,27). The third kappa shape index (κ3) is 5.92. The Labute approximate surface area is 196 Å². The molecule has 0 bridgehead atoms. The topological polar surface area (TPSA) is 83.1 Å². The van der Waals surface area contributed by atoms with Gasteiger partial charge in [-0.3, -0.25) is 4.72 Å². The van der Waals surface area contributed by atoms with Crippen LogP contribution in [0.5, 0.6) is 0 Å². The van der Waals surface area contributed by atoms with Crippen LogP contribution in [-0.2, 0) is 16.4 Å². The fourth-order valence-electron chi connectivity index (χ4n) is 2.79. The van der Waals surface area contributed by atoms with E-state index in [1.54, 1.807) is 24.6 Å². The van der Waals surface area contributed by atoms with Gasteiger partial charge in [0.25, 0.3) is 10.0 Å². The normalized spacial score (nSPS) is 12.5. The molecule has 0 aliphatic heterocycles. The van der Waals surface area contributed by atoms with Gasteiger partial charge in [0, 0.05) is 24.2 Å². The molecule has 3 N–H and O–H groups in total. The van der Waals surface area contributed by atoms with Crippen molar-refractivity contribution in [3.63, 3.8) is 0 Å². The van der Waals surface area contributed by atoms with E-state index in [0.29, 0.717) is 17.4 Å². The molecule has 0 aliphatic rings. The fourth-order valence-corrected chi connectivity index (χ4v) is 5.39. The average molecular weight is 552 g/mol. The average Bonchev–Trinajstić information content (AvgIpc) is 3.22. The molecule has 1 unspecified atom stereocenters. The Hall–Kier alpha value is -1.79. The van der Waals surface area contributed by atoms with Gasteiger partial charge in [0.1, 0.15) is 16.5 Å². The first kappa shape index (κ1) is 23.9. The summed E-state index contributed by atoms with van der Waals surface area (Å²) < 4.78 is 55.8. The maximum absolute atomic E-state index is 14.6. The number of benzene rings is 2. The molecule has 0 fully saturated rings. The Bertz CT molecular complexity index is 1160. The lowest BCUT2D eigenvalue weighted by molar-refractivity contribution is 0.567. The van der Waals surface area contributed by atoms with Gasteiger partial charge in [0.05, 0.1) is 15.2 Å². The molecule has 1 aromatic heterocycles. The van der Waals surface area contributed by atoms with Gasteiger partial charge in [-0.15, -0.1) is 11.3 Å². The van der Waals surface area contributed by atoms with Crippen LogP contribution in [0.25, 0.3) is 0 Å². The molecule has 6 nitrogen and oxygen atoms in total. The molecular weight excluding hydrogens is 534 g/mol. The van der Waals surface area contributed by atoms with Crippen molar-refractivity contribution >= 4 is 59.7 Å². The highest BCUT2D eigenvalue weighted by molar-refractivity contribution is 9.10. The molecule has 31 heavy (non-hydrogen) atoms. The summed E-state index contributed by atoms with van der Waals surface area (Å²) in [7, 11) is -2.43. The second-order valence-electron chi connectivity index (χ2n) is 6.49. The molecule has 3 rings (SSSR count). The molecule has 166 valence electrons. The zero-order chi connectivity index (χ0) is 22.6. The largest absolute Gasteiger partial charge is 0.382 e. The Morgan fingerprint density at radius 3 is 2.71 bits per heavy atom. The second-order valence-corrected chi connectivity index (χ2v) is 10.2. The van der Waals surface area contributed by atoms with Gasteiger partial charge in [-0.2, -0.15) is 0 Å². The Morgan fingerprint density at radius 2 is 2.03 bits per heavy atom. The summed E-state index contributed by atoms with van der Waals surface area (Å²) in [5.74, 6) is -1.31. The first-order valence-electron chi connectivity index (χ1n) is 8.96. The number of aromatic nitrogens is 1. The molecule has 1 heterocycles. The van der Waals surface area contributed by atoms with Crippen LogP contribution in [0.4, 0.5) is 19.6 Å². The highest BCUT2D eigenvalue weighted by atomic mass is 79.9. The number of anilines is 2. The summed E-state index contributed by atoms with van der Waals surface area (Å²) in [6.07, 6.45) is 1.92. The summed E-state index contributed by atoms with van der Waals surface area (Å²) in [4.78, 5) is 3.25. The van der Waals surface area contributed by atoms with E-state index in [2.05, 4.69) is 36.3 Å². The molecule has 12 heteroatoms. The van der Waals surface area contributed by atoms with Crippen LogP contribution in [-0.4, -0.2) is 33.0 Å². The van der Waals surface area contributed by atoms with Crippen molar-refractivity contribution in [2.45, 2.75) is 17.4 Å². The minimum absolute atomic E-state index is 0.0442. The minimum atomic E-state index is -4.18. The SMILES string of the molecule is CNC(CNc1cc(F)c(S(=O)(=O)Nc2nccs2)cc1Cl)Cc1cccc(F)c1Br. The van der Waals surface area contributed by atoms with Crippen LogP contribution in [0, 0.1) is 11.6 Å². The number of hydrogen-bond donors (Lipinski definition) is 3. The van der Waals surface area contributed by atoms with Gasteiger partial charge in [0.2, 0.25) is 0 Å². The molecule has 0 radical (unpaired) electrons. The Kier molecular flexibility index (Phi) is 7.87. The Morgan fingerprint density at radius 1 is 1.26 bits per heavy atom. The van der Waals surface area contributed by atoms with Crippen molar-refractivity contribution in [1.82, 2.24) is 10.3 Å².